The lowest BCUT2D eigenvalue weighted by molar-refractivity contribution is -0.135. The van der Waals surface area contributed by atoms with Crippen molar-refractivity contribution in [2.45, 2.75) is 50.6 Å². The highest BCUT2D eigenvalue weighted by Crippen LogP contribution is 2.32. The zero-order valence-electron chi connectivity index (χ0n) is 14.4. The van der Waals surface area contributed by atoms with Crippen LogP contribution in [0, 0.1) is 0 Å². The molecule has 140 valence electrons. The lowest BCUT2D eigenvalue weighted by atomic mass is 9.90. The second-order valence-corrected chi connectivity index (χ2v) is 6.63. The predicted molar refractivity (Wildman–Crippen MR) is 89.8 cm³/mol. The van der Waals surface area contributed by atoms with E-state index in [9.17, 15) is 19.2 Å². The van der Waals surface area contributed by atoms with E-state index in [1.807, 2.05) is 0 Å². The van der Waals surface area contributed by atoms with Crippen molar-refractivity contribution in [2.75, 3.05) is 6.54 Å². The SMILES string of the molecule is O=C(CN1C(=O)NC2(CCCCCC2)C1=O)NC(=O)NCc1ccco1. The number of rotatable bonds is 4. The summed E-state index contributed by atoms with van der Waals surface area (Å²) in [5.74, 6) is -0.566. The fourth-order valence-corrected chi connectivity index (χ4v) is 3.43. The molecule has 1 aromatic rings. The average Bonchev–Trinajstić information content (AvgIpc) is 3.11. The van der Waals surface area contributed by atoms with E-state index in [4.69, 9.17) is 4.42 Å². The van der Waals surface area contributed by atoms with Gasteiger partial charge >= 0.3 is 12.1 Å². The normalized spacial score (nSPS) is 19.2. The Hall–Kier alpha value is -2.84. The van der Waals surface area contributed by atoms with Gasteiger partial charge in [-0.1, -0.05) is 25.7 Å². The molecule has 1 aliphatic heterocycles. The van der Waals surface area contributed by atoms with Gasteiger partial charge in [0.15, 0.2) is 0 Å². The summed E-state index contributed by atoms with van der Waals surface area (Å²) in [5.41, 5.74) is -0.893. The second kappa shape index (κ2) is 7.59. The number of imide groups is 2. The third kappa shape index (κ3) is 3.87. The number of hydrogen-bond donors (Lipinski definition) is 3. The molecule has 2 heterocycles. The Morgan fingerprint density at radius 1 is 1.19 bits per heavy atom. The summed E-state index contributed by atoms with van der Waals surface area (Å²) in [5, 5.41) is 7.33. The van der Waals surface area contributed by atoms with Crippen LogP contribution in [0.25, 0.3) is 0 Å². The van der Waals surface area contributed by atoms with Gasteiger partial charge < -0.3 is 15.1 Å². The number of furan rings is 1. The molecule has 0 radical (unpaired) electrons. The molecule has 9 heteroatoms. The Bertz CT molecular complexity index is 692. The van der Waals surface area contributed by atoms with E-state index in [0.29, 0.717) is 18.6 Å². The number of nitrogens with zero attached hydrogens (tertiary/aromatic N) is 1. The van der Waals surface area contributed by atoms with Crippen molar-refractivity contribution in [3.05, 3.63) is 24.2 Å². The molecular weight excluding hydrogens is 340 g/mol. The van der Waals surface area contributed by atoms with Crippen LogP contribution in [0.5, 0.6) is 0 Å². The van der Waals surface area contributed by atoms with Gasteiger partial charge in [-0.25, -0.2) is 9.59 Å². The Labute approximate surface area is 150 Å². The minimum Gasteiger partial charge on any atom is -0.467 e. The van der Waals surface area contributed by atoms with Crippen molar-refractivity contribution < 1.29 is 23.6 Å². The largest absolute Gasteiger partial charge is 0.467 e. The van der Waals surface area contributed by atoms with Crippen LogP contribution in [0.3, 0.4) is 0 Å². The van der Waals surface area contributed by atoms with E-state index in [1.165, 1.54) is 6.26 Å². The van der Waals surface area contributed by atoms with Crippen LogP contribution in [0.1, 0.15) is 44.3 Å². The van der Waals surface area contributed by atoms with Gasteiger partial charge in [0.1, 0.15) is 17.8 Å². The maximum Gasteiger partial charge on any atom is 0.325 e. The highest BCUT2D eigenvalue weighted by molar-refractivity contribution is 6.10. The van der Waals surface area contributed by atoms with E-state index >= 15 is 0 Å². The molecule has 26 heavy (non-hydrogen) atoms. The summed E-state index contributed by atoms with van der Waals surface area (Å²) >= 11 is 0. The molecule has 0 aromatic carbocycles. The first-order valence-electron chi connectivity index (χ1n) is 8.74. The van der Waals surface area contributed by atoms with E-state index in [-0.39, 0.29) is 12.5 Å². The van der Waals surface area contributed by atoms with E-state index in [0.717, 1.165) is 30.6 Å². The van der Waals surface area contributed by atoms with Crippen molar-refractivity contribution in [3.8, 4) is 0 Å². The van der Waals surface area contributed by atoms with Gasteiger partial charge in [-0.3, -0.25) is 19.8 Å². The summed E-state index contributed by atoms with van der Waals surface area (Å²) in [4.78, 5) is 49.5. The van der Waals surface area contributed by atoms with Crippen molar-refractivity contribution in [1.82, 2.24) is 20.9 Å². The van der Waals surface area contributed by atoms with Gasteiger partial charge in [0.05, 0.1) is 12.8 Å². The summed E-state index contributed by atoms with van der Waals surface area (Å²) in [6.07, 6.45) is 6.42. The monoisotopic (exact) mass is 362 g/mol. The highest BCUT2D eigenvalue weighted by atomic mass is 16.3. The first-order chi connectivity index (χ1) is 12.5. The van der Waals surface area contributed by atoms with Crippen molar-refractivity contribution >= 4 is 23.9 Å². The molecule has 3 N–H and O–H groups in total. The highest BCUT2D eigenvalue weighted by Gasteiger charge is 2.51. The van der Waals surface area contributed by atoms with Crippen molar-refractivity contribution in [3.63, 3.8) is 0 Å². The maximum atomic E-state index is 12.7. The summed E-state index contributed by atoms with van der Waals surface area (Å²) < 4.78 is 5.07. The Morgan fingerprint density at radius 3 is 2.58 bits per heavy atom. The average molecular weight is 362 g/mol. The molecule has 2 aliphatic rings. The molecule has 0 atom stereocenters. The van der Waals surface area contributed by atoms with Crippen LogP contribution in [0.15, 0.2) is 22.8 Å². The Morgan fingerprint density at radius 2 is 1.92 bits per heavy atom. The standard InChI is InChI=1S/C17H22N4O5/c22-13(19-15(24)18-10-12-6-5-9-26-12)11-21-14(23)17(20-16(21)25)7-3-1-2-4-8-17/h5-6,9H,1-4,7-8,10-11H2,(H,20,25)(H2,18,19,22,24). The molecule has 0 unspecified atom stereocenters. The zero-order valence-corrected chi connectivity index (χ0v) is 14.4. The minimum absolute atomic E-state index is 0.123. The topological polar surface area (TPSA) is 121 Å². The second-order valence-electron chi connectivity index (χ2n) is 6.63. The van der Waals surface area contributed by atoms with Crippen LogP contribution < -0.4 is 16.0 Å². The molecule has 1 aromatic heterocycles. The maximum absolute atomic E-state index is 12.7. The van der Waals surface area contributed by atoms with Gasteiger partial charge in [0.2, 0.25) is 5.91 Å². The Kier molecular flexibility index (Phi) is 5.24. The first kappa shape index (κ1) is 18.0. The molecule has 1 saturated carbocycles. The van der Waals surface area contributed by atoms with Crippen molar-refractivity contribution in [2.24, 2.45) is 0 Å². The Balaban J connectivity index is 1.52. The minimum atomic E-state index is -0.893. The van der Waals surface area contributed by atoms with Gasteiger partial charge in [-0.05, 0) is 25.0 Å². The number of urea groups is 2. The molecule has 1 saturated heterocycles. The lowest BCUT2D eigenvalue weighted by Gasteiger charge is -2.24. The van der Waals surface area contributed by atoms with Crippen LogP contribution in [0.2, 0.25) is 0 Å². The number of hydrogen-bond acceptors (Lipinski definition) is 5. The molecule has 6 amide bonds. The van der Waals surface area contributed by atoms with Crippen LogP contribution in [-0.2, 0) is 16.1 Å². The number of carbonyl (C=O) groups excluding carboxylic acids is 4. The quantitative estimate of drug-likeness (QED) is 0.696. The van der Waals surface area contributed by atoms with Crippen LogP contribution in [0.4, 0.5) is 9.59 Å². The van der Waals surface area contributed by atoms with Gasteiger partial charge in [-0.2, -0.15) is 0 Å². The number of carbonyl (C=O) groups is 4. The third-order valence-corrected chi connectivity index (χ3v) is 4.76. The predicted octanol–water partition coefficient (Wildman–Crippen LogP) is 1.25. The lowest BCUT2D eigenvalue weighted by Crippen LogP contribution is -2.48. The summed E-state index contributed by atoms with van der Waals surface area (Å²) in [6.45, 7) is -0.362. The van der Waals surface area contributed by atoms with Crippen LogP contribution in [-0.4, -0.2) is 40.9 Å². The van der Waals surface area contributed by atoms with Gasteiger partial charge in [0.25, 0.3) is 5.91 Å². The van der Waals surface area contributed by atoms with Crippen LogP contribution >= 0.6 is 0 Å². The summed E-state index contributed by atoms with van der Waals surface area (Å²) in [7, 11) is 0. The first-order valence-corrected chi connectivity index (χ1v) is 8.74. The molecule has 2 fully saturated rings. The van der Waals surface area contributed by atoms with E-state index in [1.54, 1.807) is 12.1 Å². The molecule has 9 nitrogen and oxygen atoms in total. The molecule has 1 aliphatic carbocycles. The van der Waals surface area contributed by atoms with E-state index in [2.05, 4.69) is 16.0 Å². The zero-order chi connectivity index (χ0) is 18.6. The van der Waals surface area contributed by atoms with Gasteiger partial charge in [0, 0.05) is 0 Å². The molecule has 1 spiro atoms. The molecule has 0 bridgehead atoms. The fourth-order valence-electron chi connectivity index (χ4n) is 3.43. The molecular formula is C17H22N4O5. The smallest absolute Gasteiger partial charge is 0.325 e. The number of amides is 6. The van der Waals surface area contributed by atoms with Crippen molar-refractivity contribution in [1.29, 1.82) is 0 Å². The fraction of sp³-hybridized carbons (Fsp3) is 0.529. The number of nitrogens with one attached hydrogen (secondary N) is 3. The van der Waals surface area contributed by atoms with E-state index < -0.39 is 30.1 Å². The molecule has 3 rings (SSSR count). The van der Waals surface area contributed by atoms with Gasteiger partial charge in [-0.15, -0.1) is 0 Å². The third-order valence-electron chi connectivity index (χ3n) is 4.76. The summed E-state index contributed by atoms with van der Waals surface area (Å²) in [6, 6.07) is 2.06.